The van der Waals surface area contributed by atoms with Gasteiger partial charge in [-0.25, -0.2) is 4.39 Å². The number of halogens is 1. The number of nitrogens with zero attached hydrogens (tertiary/aromatic N) is 5. The SMILES string of the molecule is Cc1ccc2onc(C(=O)N3CC[C@H]4CC[C@@H](C(=O)N5C[C@H](c6ccn(C)c(=O)c6)CC56CC6)N4C(=O)[C@@H](NC(=O)c4ccc5ccc([C@H](F)P(=O)(O)O)cc5c4)C3)c2c1. The minimum absolute atomic E-state index is 0.0285. The summed E-state index contributed by atoms with van der Waals surface area (Å²) in [7, 11) is -3.41. The number of aromatic nitrogens is 2. The minimum atomic E-state index is -5.10. The Morgan fingerprint density at radius 3 is 2.50 bits per heavy atom. The van der Waals surface area contributed by atoms with Gasteiger partial charge in [0.05, 0.1) is 11.9 Å². The number of carbonyl (C=O) groups excluding carboxylic acids is 4. The molecule has 9 rings (SSSR count). The molecule has 3 aromatic carbocycles. The number of benzene rings is 3. The van der Waals surface area contributed by atoms with Crippen LogP contribution < -0.4 is 10.9 Å². The Morgan fingerprint density at radius 1 is 0.967 bits per heavy atom. The molecule has 3 saturated heterocycles. The first-order chi connectivity index (χ1) is 28.6. The van der Waals surface area contributed by atoms with E-state index in [0.717, 1.165) is 30.4 Å². The van der Waals surface area contributed by atoms with Crippen molar-refractivity contribution < 1.29 is 42.4 Å². The maximum Gasteiger partial charge on any atom is 0.363 e. The number of likely N-dealkylation sites (tertiary alicyclic amines) is 1. The Balaban J connectivity index is 1.02. The van der Waals surface area contributed by atoms with E-state index in [4.69, 9.17) is 4.52 Å². The molecule has 3 aliphatic heterocycles. The van der Waals surface area contributed by atoms with Crippen LogP contribution >= 0.6 is 7.60 Å². The molecule has 5 aromatic rings. The standard InChI is InChI=1S/C43H44FN6O9P/c1-24-3-10-35-32(17-24)37(46-59-35)42(55)48-16-12-31-8-9-34(41(54)49-22-30(21-43(49)13-14-43)26-11-15-47(2)36(51)20-26)50(31)40(53)33(23-48)45-39(52)28-7-5-25-4-6-27(18-29(25)19-28)38(44)60(56,57)58/h3-7,10-11,15,17-20,30-31,33-34,38H,8-9,12-14,16,21-23H2,1-2H3,(H,45,52)(H2,56,57,58)/t30-,31-,33+,34+,38-/m1/s1. The summed E-state index contributed by atoms with van der Waals surface area (Å²) < 4.78 is 33.3. The smallest absolute Gasteiger partial charge is 0.355 e. The number of hydrogen-bond acceptors (Lipinski definition) is 8. The molecule has 0 unspecified atom stereocenters. The van der Waals surface area contributed by atoms with Crippen molar-refractivity contribution in [2.24, 2.45) is 7.05 Å². The molecule has 0 bridgehead atoms. The van der Waals surface area contributed by atoms with E-state index in [1.165, 1.54) is 39.8 Å². The zero-order valence-corrected chi connectivity index (χ0v) is 33.9. The lowest BCUT2D eigenvalue weighted by Gasteiger charge is -2.40. The second kappa shape index (κ2) is 14.8. The Kier molecular flexibility index (Phi) is 9.79. The number of aryl methyl sites for hydroxylation is 2. The van der Waals surface area contributed by atoms with Crippen LogP contribution in [0, 0.1) is 6.92 Å². The van der Waals surface area contributed by atoms with Gasteiger partial charge in [-0.1, -0.05) is 35.0 Å². The van der Waals surface area contributed by atoms with Gasteiger partial charge in [-0.2, -0.15) is 0 Å². The van der Waals surface area contributed by atoms with Crippen LogP contribution in [0.3, 0.4) is 0 Å². The highest BCUT2D eigenvalue weighted by atomic mass is 31.2. The molecule has 0 radical (unpaired) electrons. The number of nitrogens with one attached hydrogen (secondary N) is 1. The average molecular weight is 839 g/mol. The van der Waals surface area contributed by atoms with Crippen LogP contribution in [0.4, 0.5) is 4.39 Å². The molecule has 1 saturated carbocycles. The summed E-state index contributed by atoms with van der Waals surface area (Å²) in [5, 5.41) is 8.36. The molecule has 60 heavy (non-hydrogen) atoms. The van der Waals surface area contributed by atoms with Crippen molar-refractivity contribution >= 4 is 53.0 Å². The van der Waals surface area contributed by atoms with Crippen LogP contribution in [-0.2, 0) is 21.2 Å². The molecule has 4 fully saturated rings. The van der Waals surface area contributed by atoms with Gasteiger partial charge in [-0.15, -0.1) is 0 Å². The van der Waals surface area contributed by atoms with E-state index >= 15 is 0 Å². The number of rotatable bonds is 7. The lowest BCUT2D eigenvalue weighted by Crippen LogP contribution is -2.61. The predicted octanol–water partition coefficient (Wildman–Crippen LogP) is 4.69. The van der Waals surface area contributed by atoms with Crippen LogP contribution in [0.15, 0.2) is 82.2 Å². The number of pyridine rings is 1. The van der Waals surface area contributed by atoms with Crippen LogP contribution in [0.1, 0.15) is 87.9 Å². The fraction of sp³-hybridized carbons (Fsp3) is 0.395. The van der Waals surface area contributed by atoms with Gasteiger partial charge in [0, 0.05) is 55.5 Å². The van der Waals surface area contributed by atoms with Gasteiger partial charge < -0.3 is 38.9 Å². The van der Waals surface area contributed by atoms with Gasteiger partial charge in [-0.05, 0) is 104 Å². The second-order valence-electron chi connectivity index (χ2n) is 16.8. The summed E-state index contributed by atoms with van der Waals surface area (Å²) in [6.45, 7) is 2.26. The summed E-state index contributed by atoms with van der Waals surface area (Å²) in [5.41, 5.74) is 1.63. The summed E-state index contributed by atoms with van der Waals surface area (Å²) >= 11 is 0. The molecule has 15 nitrogen and oxygen atoms in total. The van der Waals surface area contributed by atoms with Crippen molar-refractivity contribution in [2.75, 3.05) is 19.6 Å². The summed E-state index contributed by atoms with van der Waals surface area (Å²) in [6.07, 6.45) is 5.40. The average Bonchev–Trinajstić information content (AvgIpc) is 3.50. The molecule has 1 aliphatic carbocycles. The van der Waals surface area contributed by atoms with E-state index in [1.54, 1.807) is 42.4 Å². The summed E-state index contributed by atoms with van der Waals surface area (Å²) in [4.78, 5) is 94.5. The Hall–Kier alpha value is -5.70. The first-order valence-electron chi connectivity index (χ1n) is 20.1. The molecule has 4 amide bonds. The topological polar surface area (TPSA) is 196 Å². The monoisotopic (exact) mass is 838 g/mol. The van der Waals surface area contributed by atoms with Gasteiger partial charge >= 0.3 is 7.60 Å². The molecule has 4 aliphatic rings. The van der Waals surface area contributed by atoms with E-state index in [2.05, 4.69) is 10.5 Å². The summed E-state index contributed by atoms with van der Waals surface area (Å²) in [6, 6.07) is 15.0. The number of carbonyl (C=O) groups is 4. The third kappa shape index (κ3) is 7.09. The van der Waals surface area contributed by atoms with Crippen LogP contribution in [0.25, 0.3) is 21.7 Å². The first kappa shape index (κ1) is 39.7. The van der Waals surface area contributed by atoms with Gasteiger partial charge in [-0.3, -0.25) is 28.5 Å². The van der Waals surface area contributed by atoms with Gasteiger partial charge in [0.25, 0.3) is 17.4 Å². The molecule has 5 heterocycles. The van der Waals surface area contributed by atoms with Crippen molar-refractivity contribution in [1.29, 1.82) is 0 Å². The van der Waals surface area contributed by atoms with Crippen molar-refractivity contribution in [1.82, 2.24) is 29.7 Å². The highest BCUT2D eigenvalue weighted by molar-refractivity contribution is 7.51. The van der Waals surface area contributed by atoms with E-state index in [9.17, 15) is 42.7 Å². The molecule has 312 valence electrons. The quantitative estimate of drug-likeness (QED) is 0.194. The molecule has 3 N–H and O–H groups in total. The van der Waals surface area contributed by atoms with E-state index < -0.39 is 49.4 Å². The fourth-order valence-corrected chi connectivity index (χ4v) is 10.0. The van der Waals surface area contributed by atoms with Crippen molar-refractivity contribution in [2.45, 2.75) is 80.9 Å². The van der Waals surface area contributed by atoms with Crippen LogP contribution in [0.5, 0.6) is 0 Å². The Labute approximate surface area is 343 Å². The van der Waals surface area contributed by atoms with Gasteiger partial charge in [0.2, 0.25) is 17.7 Å². The third-order valence-corrected chi connectivity index (χ3v) is 13.8. The molecular formula is C43H44FN6O9P. The number of hydrogen-bond donors (Lipinski definition) is 3. The van der Waals surface area contributed by atoms with Crippen molar-refractivity contribution in [3.05, 3.63) is 111 Å². The lowest BCUT2D eigenvalue weighted by atomic mass is 9.96. The number of amides is 4. The van der Waals surface area contributed by atoms with E-state index in [-0.39, 0.29) is 52.8 Å². The fourth-order valence-electron chi connectivity index (χ4n) is 9.47. The third-order valence-electron chi connectivity index (χ3n) is 12.9. The molecular weight excluding hydrogens is 794 g/mol. The Morgan fingerprint density at radius 2 is 1.75 bits per heavy atom. The molecule has 2 aromatic heterocycles. The van der Waals surface area contributed by atoms with Crippen LogP contribution in [-0.4, -0.2) is 101 Å². The molecule has 5 atom stereocenters. The van der Waals surface area contributed by atoms with Crippen LogP contribution in [0.2, 0.25) is 0 Å². The summed E-state index contributed by atoms with van der Waals surface area (Å²) in [5.74, 6) is -4.43. The minimum Gasteiger partial charge on any atom is -0.355 e. The lowest BCUT2D eigenvalue weighted by molar-refractivity contribution is -0.148. The number of alkyl halides is 1. The maximum atomic E-state index is 15.0. The zero-order valence-electron chi connectivity index (χ0n) is 33.0. The zero-order chi connectivity index (χ0) is 42.2. The van der Waals surface area contributed by atoms with Crippen molar-refractivity contribution in [3.8, 4) is 0 Å². The number of fused-ring (bicyclic) bond motifs is 3. The van der Waals surface area contributed by atoms with Gasteiger partial charge in [0.1, 0.15) is 12.1 Å². The predicted molar refractivity (Wildman–Crippen MR) is 217 cm³/mol. The first-order valence-corrected chi connectivity index (χ1v) is 21.8. The maximum absolute atomic E-state index is 15.0. The largest absolute Gasteiger partial charge is 0.363 e. The second-order valence-corrected chi connectivity index (χ2v) is 18.5. The molecule has 1 spiro atoms. The normalized spacial score (nSPS) is 23.1. The van der Waals surface area contributed by atoms with E-state index in [0.29, 0.717) is 47.5 Å². The van der Waals surface area contributed by atoms with E-state index in [1.807, 2.05) is 24.0 Å². The van der Waals surface area contributed by atoms with Gasteiger partial charge in [0.15, 0.2) is 11.3 Å². The van der Waals surface area contributed by atoms with Crippen molar-refractivity contribution in [3.63, 3.8) is 0 Å². The molecule has 17 heteroatoms. The highest BCUT2D eigenvalue weighted by Gasteiger charge is 2.58. The Bertz CT molecular complexity index is 2710. The highest BCUT2D eigenvalue weighted by Crippen LogP contribution is 2.55.